The van der Waals surface area contributed by atoms with Gasteiger partial charge >= 0.3 is 0 Å². The molecule has 0 amide bonds. The molecule has 0 aromatic heterocycles. The molecule has 0 saturated heterocycles. The maximum Gasteiger partial charge on any atom is 0.123 e. The molecule has 0 aliphatic heterocycles. The average molecular weight is 372 g/mol. The van der Waals surface area contributed by atoms with Crippen LogP contribution in [0.1, 0.15) is 17.0 Å². The number of hydrogen-bond donors (Lipinski definition) is 0. The maximum atomic E-state index is 13.2. The van der Waals surface area contributed by atoms with Crippen LogP contribution < -0.4 is 0 Å². The molecule has 0 spiro atoms. The summed E-state index contributed by atoms with van der Waals surface area (Å²) in [7, 11) is 0. The summed E-state index contributed by atoms with van der Waals surface area (Å²) in [6.07, 6.45) is 0.838. The Kier molecular flexibility index (Phi) is 4.95. The minimum absolute atomic E-state index is 0.170. The largest absolute Gasteiger partial charge is 0.207 e. The lowest BCUT2D eigenvalue weighted by molar-refractivity contribution is 0.623. The van der Waals surface area contributed by atoms with Gasteiger partial charge in [-0.1, -0.05) is 56.1 Å². The average Bonchev–Trinajstić information content (AvgIpc) is 2.37. The van der Waals surface area contributed by atoms with Gasteiger partial charge in [-0.3, -0.25) is 0 Å². The van der Waals surface area contributed by atoms with Gasteiger partial charge < -0.3 is 0 Å². The van der Waals surface area contributed by atoms with E-state index in [1.165, 1.54) is 11.6 Å². The van der Waals surface area contributed by atoms with Crippen molar-refractivity contribution < 1.29 is 4.39 Å². The molecule has 0 aliphatic rings. The molecule has 0 saturated carbocycles. The van der Waals surface area contributed by atoms with Crippen LogP contribution in [0.25, 0.3) is 0 Å². The summed E-state index contributed by atoms with van der Waals surface area (Å²) in [5, 5.41) is 0.866. The quantitative estimate of drug-likeness (QED) is 0.639. The summed E-state index contributed by atoms with van der Waals surface area (Å²) >= 11 is 6.97. The predicted octanol–water partition coefficient (Wildman–Crippen LogP) is 5.31. The van der Waals surface area contributed by atoms with Crippen LogP contribution >= 0.6 is 31.9 Å². The molecule has 2 aromatic carbocycles. The Hall–Kier alpha value is -0.670. The summed E-state index contributed by atoms with van der Waals surface area (Å²) in [5.41, 5.74) is 2.29. The van der Waals surface area contributed by atoms with Crippen molar-refractivity contribution >= 4 is 31.9 Å². The normalized spacial score (nSPS) is 12.4. The standard InChI is InChI=1S/C15H13Br2F/c16-10-13(12-4-6-14(17)7-5-12)8-11-2-1-3-15(18)9-11/h1-7,9,13H,8,10H2. The fourth-order valence-corrected chi connectivity index (χ4v) is 2.81. The Morgan fingerprint density at radius 3 is 2.39 bits per heavy atom. The fraction of sp³-hybridized carbons (Fsp3) is 0.200. The summed E-state index contributed by atoms with van der Waals surface area (Å²) in [5.74, 6) is 0.191. The van der Waals surface area contributed by atoms with E-state index < -0.39 is 0 Å². The van der Waals surface area contributed by atoms with Crippen LogP contribution in [0.4, 0.5) is 4.39 Å². The van der Waals surface area contributed by atoms with Crippen molar-refractivity contribution in [3.63, 3.8) is 0 Å². The van der Waals surface area contributed by atoms with Gasteiger partial charge in [-0.15, -0.1) is 0 Å². The zero-order valence-electron chi connectivity index (χ0n) is 9.74. The molecule has 1 atom stereocenters. The Balaban J connectivity index is 2.17. The second-order valence-electron chi connectivity index (χ2n) is 4.24. The van der Waals surface area contributed by atoms with Crippen molar-refractivity contribution in [3.8, 4) is 0 Å². The van der Waals surface area contributed by atoms with Gasteiger partial charge in [-0.25, -0.2) is 4.39 Å². The zero-order valence-corrected chi connectivity index (χ0v) is 12.9. The molecular weight excluding hydrogens is 359 g/mol. The highest BCUT2D eigenvalue weighted by Gasteiger charge is 2.11. The Morgan fingerprint density at radius 2 is 1.78 bits per heavy atom. The van der Waals surface area contributed by atoms with E-state index in [9.17, 15) is 4.39 Å². The first kappa shape index (κ1) is 13.8. The Morgan fingerprint density at radius 1 is 1.06 bits per heavy atom. The second-order valence-corrected chi connectivity index (χ2v) is 5.80. The van der Waals surface area contributed by atoms with E-state index in [0.29, 0.717) is 5.92 Å². The summed E-state index contributed by atoms with van der Waals surface area (Å²) < 4.78 is 14.2. The molecule has 0 nitrogen and oxygen atoms in total. The molecule has 0 N–H and O–H groups in total. The van der Waals surface area contributed by atoms with Gasteiger partial charge in [-0.05, 0) is 47.7 Å². The lowest BCUT2D eigenvalue weighted by atomic mass is 9.94. The molecule has 0 heterocycles. The highest BCUT2D eigenvalue weighted by Crippen LogP contribution is 2.24. The number of rotatable bonds is 4. The molecule has 2 aromatic rings. The van der Waals surface area contributed by atoms with Crippen LogP contribution in [0.2, 0.25) is 0 Å². The van der Waals surface area contributed by atoms with Gasteiger partial charge in [0.05, 0.1) is 0 Å². The minimum atomic E-state index is -0.170. The third-order valence-electron chi connectivity index (χ3n) is 2.90. The predicted molar refractivity (Wildman–Crippen MR) is 80.8 cm³/mol. The summed E-state index contributed by atoms with van der Waals surface area (Å²) in [4.78, 5) is 0. The van der Waals surface area contributed by atoms with E-state index in [1.807, 2.05) is 18.2 Å². The van der Waals surface area contributed by atoms with Gasteiger partial charge in [0.1, 0.15) is 5.82 Å². The number of alkyl halides is 1. The van der Waals surface area contributed by atoms with Gasteiger partial charge in [0, 0.05) is 9.80 Å². The van der Waals surface area contributed by atoms with Gasteiger partial charge in [0.25, 0.3) is 0 Å². The van der Waals surface area contributed by atoms with Crippen molar-refractivity contribution in [2.45, 2.75) is 12.3 Å². The molecule has 0 bridgehead atoms. The Bertz CT molecular complexity index is 508. The van der Waals surface area contributed by atoms with Crippen molar-refractivity contribution in [2.75, 3.05) is 5.33 Å². The molecule has 0 fully saturated rings. The highest BCUT2D eigenvalue weighted by molar-refractivity contribution is 9.10. The molecule has 18 heavy (non-hydrogen) atoms. The van der Waals surface area contributed by atoms with E-state index >= 15 is 0 Å². The van der Waals surface area contributed by atoms with Crippen molar-refractivity contribution in [3.05, 3.63) is 69.9 Å². The van der Waals surface area contributed by atoms with Crippen LogP contribution in [0, 0.1) is 5.82 Å². The summed E-state index contributed by atoms with van der Waals surface area (Å²) in [6, 6.07) is 15.1. The van der Waals surface area contributed by atoms with Crippen LogP contribution in [0.5, 0.6) is 0 Å². The van der Waals surface area contributed by atoms with Crippen LogP contribution in [-0.4, -0.2) is 5.33 Å². The first-order valence-corrected chi connectivity index (χ1v) is 7.66. The van der Waals surface area contributed by atoms with E-state index in [0.717, 1.165) is 21.8 Å². The van der Waals surface area contributed by atoms with E-state index in [4.69, 9.17) is 0 Å². The van der Waals surface area contributed by atoms with Crippen LogP contribution in [0.15, 0.2) is 53.0 Å². The third-order valence-corrected chi connectivity index (χ3v) is 4.21. The maximum absolute atomic E-state index is 13.2. The lowest BCUT2D eigenvalue weighted by Gasteiger charge is -2.15. The minimum Gasteiger partial charge on any atom is -0.207 e. The molecule has 0 radical (unpaired) electrons. The number of hydrogen-bond acceptors (Lipinski definition) is 0. The van der Waals surface area contributed by atoms with Crippen LogP contribution in [0.3, 0.4) is 0 Å². The SMILES string of the molecule is Fc1cccc(CC(CBr)c2ccc(Br)cc2)c1. The van der Waals surface area contributed by atoms with Crippen LogP contribution in [-0.2, 0) is 6.42 Å². The first-order chi connectivity index (χ1) is 8.69. The Labute approximate surface area is 123 Å². The van der Waals surface area contributed by atoms with E-state index in [2.05, 4.69) is 44.0 Å². The van der Waals surface area contributed by atoms with Gasteiger partial charge in [0.15, 0.2) is 0 Å². The molecule has 1 unspecified atom stereocenters. The van der Waals surface area contributed by atoms with Crippen molar-refractivity contribution in [1.82, 2.24) is 0 Å². The zero-order chi connectivity index (χ0) is 13.0. The third kappa shape index (κ3) is 3.66. The fourth-order valence-electron chi connectivity index (χ4n) is 1.94. The van der Waals surface area contributed by atoms with Gasteiger partial charge in [0.2, 0.25) is 0 Å². The molecule has 3 heteroatoms. The topological polar surface area (TPSA) is 0 Å². The van der Waals surface area contributed by atoms with Crippen molar-refractivity contribution in [1.29, 1.82) is 0 Å². The van der Waals surface area contributed by atoms with E-state index in [1.54, 1.807) is 12.1 Å². The van der Waals surface area contributed by atoms with Gasteiger partial charge in [-0.2, -0.15) is 0 Å². The van der Waals surface area contributed by atoms with Crippen molar-refractivity contribution in [2.24, 2.45) is 0 Å². The molecule has 94 valence electrons. The second kappa shape index (κ2) is 6.48. The lowest BCUT2D eigenvalue weighted by Crippen LogP contribution is -2.04. The number of benzene rings is 2. The monoisotopic (exact) mass is 370 g/mol. The van der Waals surface area contributed by atoms with E-state index in [-0.39, 0.29) is 5.82 Å². The number of halogens is 3. The smallest absolute Gasteiger partial charge is 0.123 e. The molecule has 0 aliphatic carbocycles. The molecular formula is C15H13Br2F. The summed E-state index contributed by atoms with van der Waals surface area (Å²) in [6.45, 7) is 0. The molecule has 2 rings (SSSR count). The first-order valence-electron chi connectivity index (χ1n) is 5.75. The highest BCUT2D eigenvalue weighted by atomic mass is 79.9.